The van der Waals surface area contributed by atoms with Gasteiger partial charge in [0.1, 0.15) is 0 Å². The van der Waals surface area contributed by atoms with Gasteiger partial charge >= 0.3 is 0 Å². The normalized spacial score (nSPS) is 15.3. The van der Waals surface area contributed by atoms with Crippen LogP contribution in [0.15, 0.2) is 53.9 Å². The van der Waals surface area contributed by atoms with Crippen molar-refractivity contribution in [1.29, 1.82) is 0 Å². The Balaban J connectivity index is 1.39. The average molecular weight is 380 g/mol. The van der Waals surface area contributed by atoms with Crippen LogP contribution in [-0.4, -0.2) is 46.5 Å². The maximum atomic E-state index is 12.9. The van der Waals surface area contributed by atoms with Crippen LogP contribution in [0.1, 0.15) is 26.6 Å². The number of carbonyl (C=O) groups excluding carboxylic acids is 1. The quantitative estimate of drug-likeness (QED) is 0.682. The molecule has 4 nitrogen and oxygen atoms in total. The molecule has 0 atom stereocenters. The standard InChI is InChI=1S/C22H25N3OS/c1-17-5-6-18(2)25(17)20-9-7-19(8-10-20)22(26)24-13-11-23(12-14-24)16-21-4-3-15-27-21/h3-10,15H,11-14,16H2,1-2H3. The van der Waals surface area contributed by atoms with E-state index in [-0.39, 0.29) is 5.91 Å². The van der Waals surface area contributed by atoms with Gasteiger partial charge in [-0.1, -0.05) is 6.07 Å². The molecule has 1 aromatic carbocycles. The molecule has 0 unspecified atom stereocenters. The third kappa shape index (κ3) is 3.84. The van der Waals surface area contributed by atoms with Crippen molar-refractivity contribution in [1.82, 2.24) is 14.4 Å². The summed E-state index contributed by atoms with van der Waals surface area (Å²) in [5.41, 5.74) is 4.28. The summed E-state index contributed by atoms with van der Waals surface area (Å²) >= 11 is 1.80. The molecule has 140 valence electrons. The number of nitrogens with zero attached hydrogens (tertiary/aromatic N) is 3. The molecule has 1 amide bonds. The Morgan fingerprint density at radius 1 is 0.926 bits per heavy atom. The number of hydrogen-bond acceptors (Lipinski definition) is 3. The molecular weight excluding hydrogens is 354 g/mol. The fraction of sp³-hybridized carbons (Fsp3) is 0.318. The summed E-state index contributed by atoms with van der Waals surface area (Å²) in [6.07, 6.45) is 0. The summed E-state index contributed by atoms with van der Waals surface area (Å²) in [6.45, 7) is 8.64. The number of aromatic nitrogens is 1. The highest BCUT2D eigenvalue weighted by molar-refractivity contribution is 7.09. The Morgan fingerprint density at radius 3 is 2.19 bits per heavy atom. The highest BCUT2D eigenvalue weighted by Crippen LogP contribution is 2.19. The van der Waals surface area contributed by atoms with E-state index in [1.54, 1.807) is 11.3 Å². The van der Waals surface area contributed by atoms with Gasteiger partial charge in [-0.3, -0.25) is 9.69 Å². The van der Waals surface area contributed by atoms with Crippen molar-refractivity contribution >= 4 is 17.2 Å². The van der Waals surface area contributed by atoms with E-state index < -0.39 is 0 Å². The van der Waals surface area contributed by atoms with Gasteiger partial charge in [0.25, 0.3) is 5.91 Å². The topological polar surface area (TPSA) is 28.5 Å². The molecule has 1 aliphatic rings. The van der Waals surface area contributed by atoms with Crippen LogP contribution in [0.5, 0.6) is 0 Å². The minimum absolute atomic E-state index is 0.137. The van der Waals surface area contributed by atoms with Crippen molar-refractivity contribution in [3.8, 4) is 5.69 Å². The van der Waals surface area contributed by atoms with Crippen molar-refractivity contribution in [3.63, 3.8) is 0 Å². The molecule has 0 bridgehead atoms. The Kier molecular flexibility index (Phi) is 5.14. The average Bonchev–Trinajstić information content (AvgIpc) is 3.32. The first-order chi connectivity index (χ1) is 13.1. The Morgan fingerprint density at radius 2 is 1.59 bits per heavy atom. The van der Waals surface area contributed by atoms with E-state index in [1.807, 2.05) is 29.2 Å². The van der Waals surface area contributed by atoms with E-state index >= 15 is 0 Å². The van der Waals surface area contributed by atoms with Crippen LogP contribution < -0.4 is 0 Å². The van der Waals surface area contributed by atoms with Crippen LogP contribution in [0.2, 0.25) is 0 Å². The van der Waals surface area contributed by atoms with E-state index in [9.17, 15) is 4.79 Å². The lowest BCUT2D eigenvalue weighted by molar-refractivity contribution is 0.0629. The summed E-state index contributed by atoms with van der Waals surface area (Å²) < 4.78 is 2.21. The molecule has 27 heavy (non-hydrogen) atoms. The molecule has 4 rings (SSSR count). The molecule has 3 aromatic rings. The van der Waals surface area contributed by atoms with Crippen molar-refractivity contribution in [2.45, 2.75) is 20.4 Å². The predicted molar refractivity (Wildman–Crippen MR) is 111 cm³/mol. The molecule has 1 aliphatic heterocycles. The van der Waals surface area contributed by atoms with Crippen molar-refractivity contribution in [2.75, 3.05) is 26.2 Å². The van der Waals surface area contributed by atoms with Crippen LogP contribution in [0.4, 0.5) is 0 Å². The zero-order chi connectivity index (χ0) is 18.8. The number of piperazine rings is 1. The second-order valence-corrected chi connectivity index (χ2v) is 8.18. The van der Waals surface area contributed by atoms with E-state index in [2.05, 4.69) is 53.0 Å². The molecular formula is C22H25N3OS. The summed E-state index contributed by atoms with van der Waals surface area (Å²) in [6, 6.07) is 16.5. The predicted octanol–water partition coefficient (Wildman–Crippen LogP) is 4.11. The fourth-order valence-corrected chi connectivity index (χ4v) is 4.49. The third-order valence-electron chi connectivity index (χ3n) is 5.26. The summed E-state index contributed by atoms with van der Waals surface area (Å²) in [7, 11) is 0. The Hall–Kier alpha value is -2.37. The molecule has 0 aliphatic carbocycles. The van der Waals surface area contributed by atoms with Gasteiger partial charge in [-0.2, -0.15) is 0 Å². The largest absolute Gasteiger partial charge is 0.336 e. The van der Waals surface area contributed by atoms with Crippen LogP contribution >= 0.6 is 11.3 Å². The van der Waals surface area contributed by atoms with Gasteiger partial charge in [-0.25, -0.2) is 0 Å². The number of thiophene rings is 1. The first-order valence-corrected chi connectivity index (χ1v) is 10.3. The van der Waals surface area contributed by atoms with Crippen LogP contribution in [-0.2, 0) is 6.54 Å². The smallest absolute Gasteiger partial charge is 0.253 e. The molecule has 0 radical (unpaired) electrons. The maximum absolute atomic E-state index is 12.9. The van der Waals surface area contributed by atoms with Gasteiger partial charge in [-0.15, -0.1) is 11.3 Å². The van der Waals surface area contributed by atoms with Gasteiger partial charge in [0.15, 0.2) is 0 Å². The van der Waals surface area contributed by atoms with Gasteiger partial charge in [0, 0.05) is 60.2 Å². The van der Waals surface area contributed by atoms with Crippen LogP contribution in [0.25, 0.3) is 5.69 Å². The lowest BCUT2D eigenvalue weighted by Crippen LogP contribution is -2.48. The number of benzene rings is 1. The molecule has 5 heteroatoms. The molecule has 3 heterocycles. The summed E-state index contributed by atoms with van der Waals surface area (Å²) in [4.78, 5) is 18.7. The second kappa shape index (κ2) is 7.71. The Bertz CT molecular complexity index is 884. The minimum Gasteiger partial charge on any atom is -0.336 e. The van der Waals surface area contributed by atoms with Crippen molar-refractivity contribution in [2.24, 2.45) is 0 Å². The number of amides is 1. The van der Waals surface area contributed by atoms with Crippen LogP contribution in [0.3, 0.4) is 0 Å². The molecule has 0 N–H and O–H groups in total. The zero-order valence-electron chi connectivity index (χ0n) is 15.9. The first-order valence-electron chi connectivity index (χ1n) is 9.41. The molecule has 0 spiro atoms. The number of rotatable bonds is 4. The van der Waals surface area contributed by atoms with Gasteiger partial charge in [-0.05, 0) is 61.7 Å². The SMILES string of the molecule is Cc1ccc(C)n1-c1ccc(C(=O)N2CCN(Cc3cccs3)CC2)cc1. The minimum atomic E-state index is 0.137. The second-order valence-electron chi connectivity index (χ2n) is 7.15. The summed E-state index contributed by atoms with van der Waals surface area (Å²) in [5, 5.41) is 2.12. The summed E-state index contributed by atoms with van der Waals surface area (Å²) in [5.74, 6) is 0.137. The van der Waals surface area contributed by atoms with E-state index in [1.165, 1.54) is 16.3 Å². The first kappa shape index (κ1) is 18.0. The molecule has 1 fully saturated rings. The zero-order valence-corrected chi connectivity index (χ0v) is 16.7. The number of carbonyl (C=O) groups is 1. The maximum Gasteiger partial charge on any atom is 0.253 e. The highest BCUT2D eigenvalue weighted by Gasteiger charge is 2.22. The molecule has 0 saturated carbocycles. The van der Waals surface area contributed by atoms with E-state index in [4.69, 9.17) is 0 Å². The van der Waals surface area contributed by atoms with E-state index in [0.29, 0.717) is 0 Å². The van der Waals surface area contributed by atoms with Crippen molar-refractivity contribution < 1.29 is 4.79 Å². The number of hydrogen-bond donors (Lipinski definition) is 0. The van der Waals surface area contributed by atoms with Gasteiger partial charge < -0.3 is 9.47 Å². The van der Waals surface area contributed by atoms with Gasteiger partial charge in [0.05, 0.1) is 0 Å². The fourth-order valence-electron chi connectivity index (χ4n) is 3.74. The monoisotopic (exact) mass is 379 g/mol. The molecule has 2 aromatic heterocycles. The number of aryl methyl sites for hydroxylation is 2. The molecule has 1 saturated heterocycles. The third-order valence-corrected chi connectivity index (χ3v) is 6.12. The van der Waals surface area contributed by atoms with Crippen molar-refractivity contribution in [3.05, 3.63) is 75.7 Å². The van der Waals surface area contributed by atoms with Gasteiger partial charge in [0.2, 0.25) is 0 Å². The highest BCUT2D eigenvalue weighted by atomic mass is 32.1. The Labute approximate surface area is 164 Å². The van der Waals surface area contributed by atoms with Crippen LogP contribution in [0, 0.1) is 13.8 Å². The lowest BCUT2D eigenvalue weighted by atomic mass is 10.1. The lowest BCUT2D eigenvalue weighted by Gasteiger charge is -2.34. The van der Waals surface area contributed by atoms with E-state index in [0.717, 1.165) is 44.0 Å².